The van der Waals surface area contributed by atoms with Crippen LogP contribution in [0.15, 0.2) is 41.4 Å². The molecule has 1 saturated heterocycles. The van der Waals surface area contributed by atoms with Crippen LogP contribution < -0.4 is 0 Å². The summed E-state index contributed by atoms with van der Waals surface area (Å²) in [7, 11) is 0. The van der Waals surface area contributed by atoms with Crippen molar-refractivity contribution in [1.29, 1.82) is 0 Å². The van der Waals surface area contributed by atoms with Crippen LogP contribution in [0, 0.1) is 0 Å². The van der Waals surface area contributed by atoms with Crippen LogP contribution in [-0.4, -0.2) is 48.3 Å². The number of carbonyl (C=O) groups is 3. The van der Waals surface area contributed by atoms with Crippen molar-refractivity contribution in [2.75, 3.05) is 25.5 Å². The predicted octanol–water partition coefficient (Wildman–Crippen LogP) is 1.82. The lowest BCUT2D eigenvalue weighted by atomic mass is 10.2. The minimum absolute atomic E-state index is 0.0557. The summed E-state index contributed by atoms with van der Waals surface area (Å²) in [5.74, 6) is -0.796. The molecule has 2 rings (SSSR count). The van der Waals surface area contributed by atoms with Gasteiger partial charge in [0.1, 0.15) is 6.61 Å². The van der Waals surface area contributed by atoms with Crippen molar-refractivity contribution in [3.8, 4) is 0 Å². The molecule has 0 spiro atoms. The van der Waals surface area contributed by atoms with Gasteiger partial charge < -0.3 is 14.4 Å². The third-order valence-electron chi connectivity index (χ3n) is 3.00. The highest BCUT2D eigenvalue weighted by Crippen LogP contribution is 2.28. The van der Waals surface area contributed by atoms with E-state index < -0.39 is 11.9 Å². The van der Waals surface area contributed by atoms with Gasteiger partial charge in [-0.05, 0) is 19.1 Å². The molecule has 7 heteroatoms. The molecule has 6 nitrogen and oxygen atoms in total. The smallest absolute Gasteiger partial charge is 0.338 e. The molecule has 1 amide bonds. The molecule has 0 N–H and O–H groups in total. The molecule has 0 aliphatic carbocycles. The van der Waals surface area contributed by atoms with Crippen molar-refractivity contribution in [3.05, 3.63) is 47.0 Å². The van der Waals surface area contributed by atoms with Gasteiger partial charge in [-0.3, -0.25) is 4.79 Å². The molecule has 1 aromatic carbocycles. The van der Waals surface area contributed by atoms with E-state index in [4.69, 9.17) is 9.47 Å². The molecule has 0 radical (unpaired) electrons. The van der Waals surface area contributed by atoms with Gasteiger partial charge in [-0.2, -0.15) is 0 Å². The van der Waals surface area contributed by atoms with E-state index >= 15 is 0 Å². The van der Waals surface area contributed by atoms with E-state index in [9.17, 15) is 14.4 Å². The van der Waals surface area contributed by atoms with Gasteiger partial charge in [-0.1, -0.05) is 30.0 Å². The van der Waals surface area contributed by atoms with Gasteiger partial charge in [0.05, 0.1) is 35.6 Å². The third-order valence-corrected chi connectivity index (χ3v) is 4.02. The molecule has 1 aromatic rings. The standard InChI is InChI=1S/C16H17NO5S/c1-2-21-15(19)10-14-17(13(18)11-23-14)8-9-22-16(20)12-6-4-3-5-7-12/h3-7,10H,2,8-9,11H2,1H3/b14-10-. The summed E-state index contributed by atoms with van der Waals surface area (Å²) in [5.41, 5.74) is 0.455. The van der Waals surface area contributed by atoms with E-state index in [1.54, 1.807) is 31.2 Å². The Kier molecular flexibility index (Phi) is 6.22. The van der Waals surface area contributed by atoms with Gasteiger partial charge in [0, 0.05) is 0 Å². The SMILES string of the molecule is CCOC(=O)/C=C1\SCC(=O)N1CCOC(=O)c1ccccc1. The van der Waals surface area contributed by atoms with Crippen molar-refractivity contribution in [2.24, 2.45) is 0 Å². The molecule has 0 saturated carbocycles. The van der Waals surface area contributed by atoms with Crippen LogP contribution in [0.3, 0.4) is 0 Å². The molecule has 0 unspecified atom stereocenters. The lowest BCUT2D eigenvalue weighted by Crippen LogP contribution is -2.29. The second kappa shape index (κ2) is 8.38. The summed E-state index contributed by atoms with van der Waals surface area (Å²) in [6.45, 7) is 2.25. The van der Waals surface area contributed by atoms with Crippen molar-refractivity contribution < 1.29 is 23.9 Å². The first kappa shape index (κ1) is 17.1. The minimum atomic E-state index is -0.490. The van der Waals surface area contributed by atoms with E-state index in [1.165, 1.54) is 22.7 Å². The average Bonchev–Trinajstić information content (AvgIpc) is 2.89. The van der Waals surface area contributed by atoms with Crippen LogP contribution >= 0.6 is 11.8 Å². The summed E-state index contributed by atoms with van der Waals surface area (Å²) in [6, 6.07) is 8.62. The van der Waals surface area contributed by atoms with Crippen molar-refractivity contribution in [3.63, 3.8) is 0 Å². The lowest BCUT2D eigenvalue weighted by Gasteiger charge is -2.16. The molecule has 0 bridgehead atoms. The van der Waals surface area contributed by atoms with E-state index in [0.717, 1.165) is 0 Å². The summed E-state index contributed by atoms with van der Waals surface area (Å²) >= 11 is 1.26. The fraction of sp³-hybridized carbons (Fsp3) is 0.312. The Morgan fingerprint density at radius 2 is 2.00 bits per heavy atom. The number of rotatable bonds is 6. The maximum absolute atomic E-state index is 11.8. The summed E-state index contributed by atoms with van der Waals surface area (Å²) < 4.78 is 9.99. The molecule has 23 heavy (non-hydrogen) atoms. The zero-order valence-electron chi connectivity index (χ0n) is 12.7. The first-order valence-electron chi connectivity index (χ1n) is 7.15. The van der Waals surface area contributed by atoms with Crippen LogP contribution in [0.1, 0.15) is 17.3 Å². The first-order chi connectivity index (χ1) is 11.1. The molecule has 122 valence electrons. The van der Waals surface area contributed by atoms with E-state index in [-0.39, 0.29) is 31.4 Å². The van der Waals surface area contributed by atoms with Crippen molar-refractivity contribution in [2.45, 2.75) is 6.92 Å². The number of thioether (sulfide) groups is 1. The third kappa shape index (κ3) is 4.85. The minimum Gasteiger partial charge on any atom is -0.463 e. The molecule has 0 aromatic heterocycles. The van der Waals surface area contributed by atoms with Gasteiger partial charge in [0.25, 0.3) is 0 Å². The predicted molar refractivity (Wildman–Crippen MR) is 85.6 cm³/mol. The summed E-state index contributed by atoms with van der Waals surface area (Å²) in [5, 5.41) is 0.518. The first-order valence-corrected chi connectivity index (χ1v) is 8.14. The Morgan fingerprint density at radius 1 is 1.26 bits per heavy atom. The van der Waals surface area contributed by atoms with Gasteiger partial charge in [-0.15, -0.1) is 0 Å². The Balaban J connectivity index is 1.89. The number of carbonyl (C=O) groups excluding carboxylic acids is 3. The number of benzene rings is 1. The van der Waals surface area contributed by atoms with Crippen LogP contribution in [-0.2, 0) is 19.1 Å². The zero-order valence-corrected chi connectivity index (χ0v) is 13.5. The van der Waals surface area contributed by atoms with Crippen molar-refractivity contribution in [1.82, 2.24) is 4.90 Å². The number of hydrogen-bond acceptors (Lipinski definition) is 6. The van der Waals surface area contributed by atoms with Crippen LogP contribution in [0.5, 0.6) is 0 Å². The van der Waals surface area contributed by atoms with Crippen LogP contribution in [0.25, 0.3) is 0 Å². The van der Waals surface area contributed by atoms with E-state index in [0.29, 0.717) is 10.6 Å². The van der Waals surface area contributed by atoms with Gasteiger partial charge in [0.15, 0.2) is 0 Å². The number of nitrogens with zero attached hydrogens (tertiary/aromatic N) is 1. The highest BCUT2D eigenvalue weighted by molar-refractivity contribution is 8.04. The molecule has 1 aliphatic rings. The molecular weight excluding hydrogens is 318 g/mol. The lowest BCUT2D eigenvalue weighted by molar-refractivity contribution is -0.137. The number of ether oxygens (including phenoxy) is 2. The molecule has 1 heterocycles. The highest BCUT2D eigenvalue weighted by Gasteiger charge is 2.27. The Labute approximate surface area is 138 Å². The van der Waals surface area contributed by atoms with Gasteiger partial charge in [-0.25, -0.2) is 9.59 Å². The largest absolute Gasteiger partial charge is 0.463 e. The second-order valence-corrected chi connectivity index (χ2v) is 5.57. The topological polar surface area (TPSA) is 72.9 Å². The molecule has 1 aliphatic heterocycles. The van der Waals surface area contributed by atoms with Crippen molar-refractivity contribution >= 4 is 29.6 Å². The fourth-order valence-electron chi connectivity index (χ4n) is 1.94. The van der Waals surface area contributed by atoms with Crippen LogP contribution in [0.2, 0.25) is 0 Å². The maximum atomic E-state index is 11.8. The maximum Gasteiger partial charge on any atom is 0.338 e. The van der Waals surface area contributed by atoms with Gasteiger partial charge >= 0.3 is 11.9 Å². The Hall–Kier alpha value is -2.28. The monoisotopic (exact) mass is 335 g/mol. The van der Waals surface area contributed by atoms with Crippen LogP contribution in [0.4, 0.5) is 0 Å². The Morgan fingerprint density at radius 3 is 2.70 bits per heavy atom. The normalized spacial score (nSPS) is 15.8. The van der Waals surface area contributed by atoms with Gasteiger partial charge in [0.2, 0.25) is 5.91 Å². The second-order valence-electron chi connectivity index (χ2n) is 4.57. The molecular formula is C16H17NO5S. The Bertz CT molecular complexity index is 614. The number of hydrogen-bond donors (Lipinski definition) is 0. The number of esters is 2. The summed E-state index contributed by atoms with van der Waals surface area (Å²) in [6.07, 6.45) is 1.29. The molecule has 0 atom stereocenters. The summed E-state index contributed by atoms with van der Waals surface area (Å²) in [4.78, 5) is 36.6. The van der Waals surface area contributed by atoms with E-state index in [2.05, 4.69) is 0 Å². The van der Waals surface area contributed by atoms with E-state index in [1.807, 2.05) is 6.07 Å². The highest BCUT2D eigenvalue weighted by atomic mass is 32.2. The quantitative estimate of drug-likeness (QED) is 0.583. The number of amides is 1. The molecule has 1 fully saturated rings. The zero-order chi connectivity index (χ0) is 16.7. The fourth-order valence-corrected chi connectivity index (χ4v) is 2.90. The average molecular weight is 335 g/mol.